The molecule has 0 amide bonds. The largest absolute Gasteiger partial charge is 0.417 e. The Morgan fingerprint density at radius 2 is 2.10 bits per heavy atom. The molecular weight excluding hydrogens is 345 g/mol. The number of hydrogen-bond donors (Lipinski definition) is 1. The topological polar surface area (TPSA) is 15.3 Å². The molecule has 0 spiro atoms. The van der Waals surface area contributed by atoms with Gasteiger partial charge in [0.15, 0.2) is 0 Å². The quantitative estimate of drug-likeness (QED) is 0.852. The van der Waals surface area contributed by atoms with E-state index in [0.29, 0.717) is 11.7 Å². The second-order valence-corrected chi connectivity index (χ2v) is 6.41. The molecule has 1 aromatic carbocycles. The molecule has 0 bridgehead atoms. The van der Waals surface area contributed by atoms with Crippen molar-refractivity contribution in [2.45, 2.75) is 44.9 Å². The van der Waals surface area contributed by atoms with Gasteiger partial charge in [-0.3, -0.25) is 0 Å². The fraction of sp³-hybridized carbons (Fsp3) is 0.600. The maximum atomic E-state index is 13.0. The zero-order chi connectivity index (χ0) is 15.6. The third-order valence-electron chi connectivity index (χ3n) is 3.88. The van der Waals surface area contributed by atoms with E-state index >= 15 is 0 Å². The van der Waals surface area contributed by atoms with Gasteiger partial charge < -0.3 is 10.2 Å². The number of piperazine rings is 1. The van der Waals surface area contributed by atoms with Gasteiger partial charge in [-0.05, 0) is 31.5 Å². The van der Waals surface area contributed by atoms with Crippen molar-refractivity contribution in [1.29, 1.82) is 0 Å². The predicted molar refractivity (Wildman–Crippen MR) is 82.7 cm³/mol. The summed E-state index contributed by atoms with van der Waals surface area (Å²) in [5, 5.41) is 3.45. The van der Waals surface area contributed by atoms with Gasteiger partial charge in [0.05, 0.1) is 5.56 Å². The average Bonchev–Trinajstić information content (AvgIpc) is 2.41. The highest BCUT2D eigenvalue weighted by molar-refractivity contribution is 9.10. The molecule has 0 aromatic heterocycles. The van der Waals surface area contributed by atoms with E-state index in [1.807, 2.05) is 6.92 Å². The van der Waals surface area contributed by atoms with Crippen molar-refractivity contribution in [3.63, 3.8) is 0 Å². The van der Waals surface area contributed by atoms with E-state index < -0.39 is 11.7 Å². The molecule has 1 saturated heterocycles. The second kappa shape index (κ2) is 6.57. The molecule has 0 radical (unpaired) electrons. The number of hydrogen-bond acceptors (Lipinski definition) is 2. The van der Waals surface area contributed by atoms with E-state index in [1.54, 1.807) is 6.07 Å². The van der Waals surface area contributed by atoms with Gasteiger partial charge in [0.25, 0.3) is 0 Å². The lowest BCUT2D eigenvalue weighted by molar-refractivity contribution is -0.138. The Kier molecular flexibility index (Phi) is 5.20. The van der Waals surface area contributed by atoms with Crippen molar-refractivity contribution in [2.75, 3.05) is 18.0 Å². The van der Waals surface area contributed by atoms with Crippen molar-refractivity contribution in [3.05, 3.63) is 28.2 Å². The molecule has 2 atom stereocenters. The molecule has 1 fully saturated rings. The summed E-state index contributed by atoms with van der Waals surface area (Å²) in [5.74, 6) is 0. The first-order chi connectivity index (χ1) is 9.82. The lowest BCUT2D eigenvalue weighted by Crippen LogP contribution is -2.55. The minimum atomic E-state index is -4.34. The monoisotopic (exact) mass is 364 g/mol. The highest BCUT2D eigenvalue weighted by atomic mass is 79.9. The van der Waals surface area contributed by atoms with Crippen LogP contribution in [0.1, 0.15) is 32.3 Å². The molecule has 118 valence electrons. The van der Waals surface area contributed by atoms with Gasteiger partial charge in [-0.15, -0.1) is 0 Å². The van der Waals surface area contributed by atoms with E-state index in [9.17, 15) is 13.2 Å². The molecule has 0 aliphatic carbocycles. The SMILES string of the molecule is CCCC1CN(c2ccc(Br)c(C(F)(F)F)c2)C(C)CN1. The van der Waals surface area contributed by atoms with Gasteiger partial charge in [0, 0.05) is 35.3 Å². The van der Waals surface area contributed by atoms with Gasteiger partial charge >= 0.3 is 6.18 Å². The minimum absolute atomic E-state index is 0.0895. The van der Waals surface area contributed by atoms with Crippen molar-refractivity contribution in [2.24, 2.45) is 0 Å². The van der Waals surface area contributed by atoms with Crippen LogP contribution in [0.25, 0.3) is 0 Å². The molecule has 21 heavy (non-hydrogen) atoms. The zero-order valence-corrected chi connectivity index (χ0v) is 13.8. The lowest BCUT2D eigenvalue weighted by atomic mass is 10.0. The fourth-order valence-electron chi connectivity index (χ4n) is 2.74. The Morgan fingerprint density at radius 3 is 2.71 bits per heavy atom. The molecule has 1 heterocycles. The van der Waals surface area contributed by atoms with Crippen LogP contribution in [0.15, 0.2) is 22.7 Å². The average molecular weight is 365 g/mol. The molecule has 1 N–H and O–H groups in total. The van der Waals surface area contributed by atoms with Crippen LogP contribution in [0.2, 0.25) is 0 Å². The van der Waals surface area contributed by atoms with Crippen molar-refractivity contribution < 1.29 is 13.2 Å². The van der Waals surface area contributed by atoms with Gasteiger partial charge in [0.2, 0.25) is 0 Å². The maximum Gasteiger partial charge on any atom is 0.417 e. The van der Waals surface area contributed by atoms with Gasteiger partial charge in [-0.25, -0.2) is 0 Å². The molecule has 1 aliphatic rings. The number of anilines is 1. The van der Waals surface area contributed by atoms with Crippen molar-refractivity contribution in [3.8, 4) is 0 Å². The van der Waals surface area contributed by atoms with Crippen LogP contribution in [0.5, 0.6) is 0 Å². The lowest BCUT2D eigenvalue weighted by Gasteiger charge is -2.40. The highest BCUT2D eigenvalue weighted by Gasteiger charge is 2.34. The summed E-state index contributed by atoms with van der Waals surface area (Å²) in [6, 6.07) is 5.01. The molecule has 0 saturated carbocycles. The first kappa shape index (κ1) is 16.6. The Morgan fingerprint density at radius 1 is 1.38 bits per heavy atom. The molecule has 2 rings (SSSR count). The maximum absolute atomic E-state index is 13.0. The summed E-state index contributed by atoms with van der Waals surface area (Å²) in [6.07, 6.45) is -2.24. The molecule has 2 nitrogen and oxygen atoms in total. The smallest absolute Gasteiger partial charge is 0.366 e. The van der Waals surface area contributed by atoms with Crippen LogP contribution >= 0.6 is 15.9 Å². The van der Waals surface area contributed by atoms with Gasteiger partial charge in [0.1, 0.15) is 0 Å². The van der Waals surface area contributed by atoms with Crippen molar-refractivity contribution in [1.82, 2.24) is 5.32 Å². The number of nitrogens with one attached hydrogen (secondary N) is 1. The first-order valence-electron chi connectivity index (χ1n) is 7.19. The summed E-state index contributed by atoms with van der Waals surface area (Å²) >= 11 is 2.99. The molecule has 2 unspecified atom stereocenters. The summed E-state index contributed by atoms with van der Waals surface area (Å²) in [7, 11) is 0. The van der Waals surface area contributed by atoms with E-state index in [-0.39, 0.29) is 10.5 Å². The van der Waals surface area contributed by atoms with Crippen LogP contribution in [0.4, 0.5) is 18.9 Å². The fourth-order valence-corrected chi connectivity index (χ4v) is 3.21. The third-order valence-corrected chi connectivity index (χ3v) is 4.57. The van der Waals surface area contributed by atoms with Crippen LogP contribution in [0.3, 0.4) is 0 Å². The number of rotatable bonds is 3. The van der Waals surface area contributed by atoms with E-state index in [0.717, 1.165) is 25.9 Å². The Hall–Kier alpha value is -0.750. The zero-order valence-electron chi connectivity index (χ0n) is 12.2. The summed E-state index contributed by atoms with van der Waals surface area (Å²) < 4.78 is 39.2. The molecule has 1 aliphatic heterocycles. The van der Waals surface area contributed by atoms with Gasteiger partial charge in [-0.2, -0.15) is 13.2 Å². The molecule has 1 aromatic rings. The summed E-state index contributed by atoms with van der Waals surface area (Å²) in [6.45, 7) is 5.69. The summed E-state index contributed by atoms with van der Waals surface area (Å²) in [4.78, 5) is 2.07. The van der Waals surface area contributed by atoms with Crippen LogP contribution in [-0.2, 0) is 6.18 Å². The summed E-state index contributed by atoms with van der Waals surface area (Å²) in [5.41, 5.74) is 0.0263. The van der Waals surface area contributed by atoms with Crippen molar-refractivity contribution >= 4 is 21.6 Å². The Bertz CT molecular complexity index is 490. The standard InChI is InChI=1S/C15H20BrF3N2/c1-3-4-11-9-21(10(2)8-20-11)12-5-6-14(16)13(7-12)15(17,18)19/h5-7,10-11,20H,3-4,8-9H2,1-2H3. The van der Waals surface area contributed by atoms with E-state index in [1.165, 1.54) is 12.1 Å². The van der Waals surface area contributed by atoms with E-state index in [2.05, 4.69) is 33.1 Å². The van der Waals surface area contributed by atoms with Crippen LogP contribution < -0.4 is 10.2 Å². The predicted octanol–water partition coefficient (Wildman–Crippen LogP) is 4.43. The number of alkyl halides is 3. The number of halogens is 4. The Labute approximate surface area is 131 Å². The van der Waals surface area contributed by atoms with Gasteiger partial charge in [-0.1, -0.05) is 29.3 Å². The van der Waals surface area contributed by atoms with Crippen LogP contribution in [0, 0.1) is 0 Å². The highest BCUT2D eigenvalue weighted by Crippen LogP contribution is 2.37. The third kappa shape index (κ3) is 3.92. The van der Waals surface area contributed by atoms with E-state index in [4.69, 9.17) is 0 Å². The molecular formula is C15H20BrF3N2. The van der Waals surface area contributed by atoms with Crippen LogP contribution in [-0.4, -0.2) is 25.2 Å². The molecule has 6 heteroatoms. The Balaban J connectivity index is 2.27. The minimum Gasteiger partial charge on any atom is -0.366 e. The second-order valence-electron chi connectivity index (χ2n) is 5.56. The first-order valence-corrected chi connectivity index (χ1v) is 7.99. The number of benzene rings is 1. The normalized spacial score (nSPS) is 23.4. The number of nitrogens with zero attached hydrogens (tertiary/aromatic N) is 1.